The number of anilines is 2. The van der Waals surface area contributed by atoms with Gasteiger partial charge >= 0.3 is 125 Å². The van der Waals surface area contributed by atoms with Crippen LogP contribution in [0.1, 0.15) is 123 Å². The Bertz CT molecular complexity index is 2270. The molecule has 0 radical (unpaired) electrons. The number of guanidine groups is 2. The van der Waals surface area contributed by atoms with Gasteiger partial charge in [-0.05, 0) is 69.6 Å². The van der Waals surface area contributed by atoms with Gasteiger partial charge in [0.1, 0.15) is 0 Å². The van der Waals surface area contributed by atoms with Crippen molar-refractivity contribution in [3.8, 4) is 0 Å². The molecule has 2 aromatic rings. The van der Waals surface area contributed by atoms with Crippen LogP contribution < -0.4 is 57.6 Å². The molecule has 4 heterocycles. The maximum absolute atomic E-state index is 13.4. The van der Waals surface area contributed by atoms with Gasteiger partial charge in [0.05, 0.1) is 24.2 Å². The van der Waals surface area contributed by atoms with E-state index in [1.54, 1.807) is 18.2 Å². The zero-order valence-corrected chi connectivity index (χ0v) is 50.5. The van der Waals surface area contributed by atoms with E-state index in [0.717, 1.165) is 50.0 Å². The summed E-state index contributed by atoms with van der Waals surface area (Å²) in [7, 11) is 0. The van der Waals surface area contributed by atoms with Gasteiger partial charge in [0.25, 0.3) is 5.91 Å². The molecule has 2 aromatic carbocycles. The van der Waals surface area contributed by atoms with Gasteiger partial charge < -0.3 is 48.7 Å². The van der Waals surface area contributed by atoms with E-state index in [9.17, 15) is 28.8 Å². The third-order valence-electron chi connectivity index (χ3n) is 14.1. The molecular weight excluding hydrogens is 1140 g/mol. The van der Waals surface area contributed by atoms with Crippen molar-refractivity contribution < 1.29 is 38.2 Å². The number of thioether (sulfide) groups is 2. The van der Waals surface area contributed by atoms with E-state index < -0.39 is 24.3 Å². The first-order chi connectivity index (χ1) is 37.6. The van der Waals surface area contributed by atoms with E-state index in [-0.39, 0.29) is 73.2 Å². The Hall–Kier alpha value is -4.78. The number of nitrogens with one attached hydrogen (secondary N) is 8. The molecular formula is C55H86N12O8S2Sn. The monoisotopic (exact) mass is 1230 g/mol. The van der Waals surface area contributed by atoms with Gasteiger partial charge in [-0.3, -0.25) is 24.0 Å². The van der Waals surface area contributed by atoms with Crippen molar-refractivity contribution in [2.45, 2.75) is 152 Å². The molecule has 78 heavy (non-hydrogen) atoms. The van der Waals surface area contributed by atoms with Crippen LogP contribution in [0.2, 0.25) is 14.8 Å². The van der Waals surface area contributed by atoms with Crippen LogP contribution in [-0.4, -0.2) is 165 Å². The fourth-order valence-corrected chi connectivity index (χ4v) is 16.2. The van der Waals surface area contributed by atoms with Crippen molar-refractivity contribution in [2.75, 3.05) is 74.7 Å². The number of hydrogen-bond donors (Lipinski definition) is 10. The standard InChI is InChI=1S/C52H77N12O8S2.3CH3.Sn/c53-51-61-39-33-73-41(47(39)63-51)16-10-12-22-55-43(65)18-6-2-8-20-45(67)59-37-30-36(50(70)58-25-27-72-29-28-71-26-24-57-49(69)35-14-4-1-5-15-35)31-38(32-37)60-46(68)21-9-3-7-19-44(66)56-23-13-11-17-42-48-40(34-74-42)62-52(54)64-48;;;;/h1,4,14-15,30-32,39-42,47-48H,2-3,6-13,16-29,33-34H2,(H,55,65)(H,56,66)(H,57,69)(H,58,70)(H,59,67)(H,60,68)(H3,53,61,63)(H3,54,62,64);3*1H3;/t39-,40-,41-,42-,47-,48-;;;;/m0..../s1. The molecule has 0 aromatic heterocycles. The summed E-state index contributed by atoms with van der Waals surface area (Å²) in [5.41, 5.74) is 13.3. The predicted molar refractivity (Wildman–Crippen MR) is 316 cm³/mol. The molecule has 0 spiro atoms. The first-order valence-corrected chi connectivity index (χ1v) is 40.2. The SMILES string of the molecule is [CH3][Sn]([CH3])([CH3])[c]1cccc(C(=O)NCCOCCOCCNC(=O)c2cc(NC(=O)CCCCCC(=O)NCCCC[C@@H]3SC[C@@H]4NC(N)=N[C@@H]43)cc(NC(=O)CCCCCC(=O)NCCCC[C@@H]3SC[C@@H]4NC(N)=N[C@@H]43)c2)c1. The summed E-state index contributed by atoms with van der Waals surface area (Å²) in [6, 6.07) is 13.8. The number of hydrogen-bond acceptors (Lipinski definition) is 16. The van der Waals surface area contributed by atoms with Gasteiger partial charge in [0, 0.05) is 84.3 Å². The minimum atomic E-state index is -2.30. The molecule has 0 bridgehead atoms. The zero-order chi connectivity index (χ0) is 55.7. The molecule has 0 saturated carbocycles. The number of aliphatic imine (C=N–C) groups is 2. The third kappa shape index (κ3) is 22.0. The number of unbranched alkanes of at least 4 members (excludes halogenated alkanes) is 6. The number of nitrogens with two attached hydrogens (primary N) is 2. The molecule has 23 heteroatoms. The van der Waals surface area contributed by atoms with E-state index in [4.69, 9.17) is 20.9 Å². The summed E-state index contributed by atoms with van der Waals surface area (Å²) in [6.07, 6.45) is 11.0. The summed E-state index contributed by atoms with van der Waals surface area (Å²) in [6.45, 7) is 2.99. The summed E-state index contributed by atoms with van der Waals surface area (Å²) in [4.78, 5) is 93.4. The summed E-state index contributed by atoms with van der Waals surface area (Å²) in [5, 5.41) is 25.0. The van der Waals surface area contributed by atoms with Crippen molar-refractivity contribution >= 4 is 104 Å². The predicted octanol–water partition coefficient (Wildman–Crippen LogP) is 4.32. The Labute approximate surface area is 473 Å². The van der Waals surface area contributed by atoms with Gasteiger partial charge in [0.15, 0.2) is 11.9 Å². The summed E-state index contributed by atoms with van der Waals surface area (Å²) < 4.78 is 12.6. The average Bonchev–Trinajstić information content (AvgIpc) is 4.23. The number of carbonyl (C=O) groups is 6. The van der Waals surface area contributed by atoms with E-state index in [0.29, 0.717) is 142 Å². The molecule has 0 unspecified atom stereocenters. The van der Waals surface area contributed by atoms with E-state index in [2.05, 4.69) is 73.4 Å². The number of carbonyl (C=O) groups excluding carboxylic acids is 6. The molecule has 6 rings (SSSR count). The van der Waals surface area contributed by atoms with Crippen LogP contribution >= 0.6 is 23.5 Å². The quantitative estimate of drug-likeness (QED) is 0.0336. The van der Waals surface area contributed by atoms with E-state index in [1.165, 1.54) is 3.58 Å². The number of benzene rings is 2. The number of ether oxygens (including phenoxy) is 2. The second-order valence-electron chi connectivity index (χ2n) is 21.5. The van der Waals surface area contributed by atoms with Crippen LogP contribution in [0.25, 0.3) is 0 Å². The van der Waals surface area contributed by atoms with Crippen LogP contribution in [0.4, 0.5) is 11.4 Å². The van der Waals surface area contributed by atoms with Gasteiger partial charge in [-0.2, -0.15) is 23.5 Å². The van der Waals surface area contributed by atoms with Crippen molar-refractivity contribution in [1.82, 2.24) is 31.9 Å². The number of nitrogens with zero attached hydrogens (tertiary/aromatic N) is 2. The molecule has 0 aliphatic carbocycles. The molecule has 6 atom stereocenters. The van der Waals surface area contributed by atoms with Crippen LogP contribution in [0.3, 0.4) is 0 Å². The van der Waals surface area contributed by atoms with Crippen LogP contribution in [0.15, 0.2) is 52.4 Å². The molecule has 6 amide bonds. The Balaban J connectivity index is 0.857. The summed E-state index contributed by atoms with van der Waals surface area (Å²) >= 11 is 1.58. The second kappa shape index (κ2) is 33.1. The van der Waals surface area contributed by atoms with Crippen LogP contribution in [0.5, 0.6) is 0 Å². The number of fused-ring (bicyclic) bond motifs is 2. The fraction of sp³-hybridized carbons (Fsp3) is 0.636. The number of rotatable bonds is 36. The number of amides is 6. The average molecular weight is 1230 g/mol. The van der Waals surface area contributed by atoms with Crippen LogP contribution in [-0.2, 0) is 28.7 Å². The Morgan fingerprint density at radius 2 is 1.01 bits per heavy atom. The second-order valence-corrected chi connectivity index (χ2v) is 38.6. The van der Waals surface area contributed by atoms with Crippen LogP contribution in [0, 0.1) is 0 Å². The Kier molecular flexibility index (Phi) is 26.5. The first-order valence-electron chi connectivity index (χ1n) is 28.1. The Morgan fingerprint density at radius 3 is 1.49 bits per heavy atom. The third-order valence-corrected chi connectivity index (χ3v) is 22.9. The minimum absolute atomic E-state index is 0.00754. The zero-order valence-electron chi connectivity index (χ0n) is 46.0. The van der Waals surface area contributed by atoms with Gasteiger partial charge in [-0.25, -0.2) is 9.98 Å². The van der Waals surface area contributed by atoms with Gasteiger partial charge in [-0.15, -0.1) is 0 Å². The molecule has 2 fully saturated rings. The molecule has 430 valence electrons. The topological polar surface area (TPSA) is 294 Å². The van der Waals surface area contributed by atoms with E-state index in [1.807, 2.05) is 41.7 Å². The van der Waals surface area contributed by atoms with Crippen molar-refractivity contribution in [3.63, 3.8) is 0 Å². The van der Waals surface area contributed by atoms with E-state index >= 15 is 0 Å². The summed E-state index contributed by atoms with van der Waals surface area (Å²) in [5.74, 6) is 2.10. The first kappa shape index (κ1) is 62.4. The van der Waals surface area contributed by atoms with Crippen molar-refractivity contribution in [2.24, 2.45) is 21.5 Å². The maximum atomic E-state index is 13.4. The van der Waals surface area contributed by atoms with Crippen molar-refractivity contribution in [3.05, 3.63) is 53.6 Å². The van der Waals surface area contributed by atoms with Crippen molar-refractivity contribution in [1.29, 1.82) is 0 Å². The molecule has 4 aliphatic heterocycles. The van der Waals surface area contributed by atoms with Gasteiger partial charge in [0.2, 0.25) is 23.6 Å². The Morgan fingerprint density at radius 1 is 0.551 bits per heavy atom. The molecule has 20 nitrogen and oxygen atoms in total. The molecule has 2 saturated heterocycles. The van der Waals surface area contributed by atoms with Gasteiger partial charge in [-0.1, -0.05) is 25.7 Å². The fourth-order valence-electron chi connectivity index (χ4n) is 9.80. The molecule has 12 N–H and O–H groups in total. The molecule has 4 aliphatic rings. The normalized spacial score (nSPS) is 20.1.